The van der Waals surface area contributed by atoms with E-state index in [2.05, 4.69) is 5.32 Å². The third-order valence-corrected chi connectivity index (χ3v) is 8.14. The molecule has 11 heteroatoms. The Morgan fingerprint density at radius 3 is 2.51 bits per heavy atom. The Kier molecular flexibility index (Phi) is 8.89. The van der Waals surface area contributed by atoms with E-state index in [9.17, 15) is 27.9 Å². The summed E-state index contributed by atoms with van der Waals surface area (Å²) in [6.07, 6.45) is 2.88. The Labute approximate surface area is 206 Å². The summed E-state index contributed by atoms with van der Waals surface area (Å²) in [5.74, 6) is -2.14. The number of rotatable bonds is 10. The lowest BCUT2D eigenvalue weighted by atomic mass is 9.92. The van der Waals surface area contributed by atoms with Gasteiger partial charge in [0.05, 0.1) is 18.9 Å². The van der Waals surface area contributed by atoms with Gasteiger partial charge >= 0.3 is 11.9 Å². The standard InChI is InChI=1S/C24H35N3O7S/c1-4-34-24(31)19(11-10-17-8-6-5-7-9-17)25-16(2)22(28)27-20(23(29)30)14-18-12-13-26(15-21(18)27)35(3,32)33/h5-9,16,18-21,25H,4,10-15H2,1-3H3,(H,29,30)/t16-,18-,19+,20+,21-/m1/s1. The summed E-state index contributed by atoms with van der Waals surface area (Å²) in [4.78, 5) is 39.5. The van der Waals surface area contributed by atoms with Gasteiger partial charge in [0.1, 0.15) is 12.1 Å². The van der Waals surface area contributed by atoms with Crippen LogP contribution in [0, 0.1) is 5.92 Å². The number of carboxylic acids is 1. The zero-order chi connectivity index (χ0) is 25.8. The molecule has 1 aromatic carbocycles. The number of esters is 1. The first-order valence-electron chi connectivity index (χ1n) is 12.0. The van der Waals surface area contributed by atoms with Gasteiger partial charge in [-0.05, 0) is 51.0 Å². The van der Waals surface area contributed by atoms with E-state index in [0.717, 1.165) is 11.8 Å². The van der Waals surface area contributed by atoms with Crippen molar-refractivity contribution >= 4 is 27.9 Å². The van der Waals surface area contributed by atoms with Crippen molar-refractivity contribution in [3.05, 3.63) is 35.9 Å². The molecule has 2 aliphatic heterocycles. The van der Waals surface area contributed by atoms with E-state index in [-0.39, 0.29) is 25.5 Å². The van der Waals surface area contributed by atoms with E-state index in [0.29, 0.717) is 25.8 Å². The van der Waals surface area contributed by atoms with E-state index in [1.54, 1.807) is 13.8 Å². The fraction of sp³-hybridized carbons (Fsp3) is 0.625. The number of nitrogens with one attached hydrogen (secondary N) is 1. The number of fused-ring (bicyclic) bond motifs is 1. The quantitative estimate of drug-likeness (QED) is 0.444. The Morgan fingerprint density at radius 1 is 1.23 bits per heavy atom. The molecule has 3 rings (SSSR count). The molecule has 0 bridgehead atoms. The summed E-state index contributed by atoms with van der Waals surface area (Å²) in [7, 11) is -3.47. The first-order valence-corrected chi connectivity index (χ1v) is 13.8. The minimum absolute atomic E-state index is 0.0705. The van der Waals surface area contributed by atoms with Gasteiger partial charge in [-0.3, -0.25) is 14.9 Å². The zero-order valence-corrected chi connectivity index (χ0v) is 21.2. The van der Waals surface area contributed by atoms with E-state index in [1.807, 2.05) is 30.3 Å². The molecule has 5 atom stereocenters. The van der Waals surface area contributed by atoms with Crippen LogP contribution in [-0.2, 0) is 35.6 Å². The van der Waals surface area contributed by atoms with E-state index in [1.165, 1.54) is 9.21 Å². The Morgan fingerprint density at radius 2 is 1.91 bits per heavy atom. The van der Waals surface area contributed by atoms with Crippen LogP contribution < -0.4 is 5.32 Å². The van der Waals surface area contributed by atoms with Gasteiger partial charge in [-0.1, -0.05) is 30.3 Å². The maximum Gasteiger partial charge on any atom is 0.326 e. The molecule has 10 nitrogen and oxygen atoms in total. The molecule has 0 radical (unpaired) electrons. The Bertz CT molecular complexity index is 1020. The predicted octanol–water partition coefficient (Wildman–Crippen LogP) is 0.865. The van der Waals surface area contributed by atoms with Crippen molar-refractivity contribution in [1.82, 2.24) is 14.5 Å². The van der Waals surface area contributed by atoms with Gasteiger partial charge in [-0.25, -0.2) is 17.5 Å². The number of hydrogen-bond acceptors (Lipinski definition) is 7. The summed E-state index contributed by atoms with van der Waals surface area (Å²) in [6.45, 7) is 3.89. The van der Waals surface area contributed by atoms with Crippen LogP contribution in [0.3, 0.4) is 0 Å². The summed E-state index contributed by atoms with van der Waals surface area (Å²) in [5, 5.41) is 12.9. The van der Waals surface area contributed by atoms with Crippen LogP contribution in [0.5, 0.6) is 0 Å². The van der Waals surface area contributed by atoms with Gasteiger partial charge in [0.25, 0.3) is 0 Å². The molecule has 2 fully saturated rings. The molecule has 1 aromatic rings. The number of piperidine rings is 1. The fourth-order valence-corrected chi connectivity index (χ4v) is 5.94. The molecule has 1 amide bonds. The lowest BCUT2D eigenvalue weighted by Crippen LogP contribution is -2.58. The molecule has 0 spiro atoms. The maximum atomic E-state index is 13.5. The van der Waals surface area contributed by atoms with Gasteiger partial charge in [0, 0.05) is 19.1 Å². The highest BCUT2D eigenvalue weighted by Gasteiger charge is 2.50. The highest BCUT2D eigenvalue weighted by Crippen LogP contribution is 2.37. The van der Waals surface area contributed by atoms with Crippen molar-refractivity contribution in [2.75, 3.05) is 26.0 Å². The fourth-order valence-electron chi connectivity index (χ4n) is 5.08. The largest absolute Gasteiger partial charge is 0.480 e. The third-order valence-electron chi connectivity index (χ3n) is 6.87. The molecule has 2 heterocycles. The van der Waals surface area contributed by atoms with Crippen molar-refractivity contribution in [2.45, 2.75) is 63.7 Å². The number of carbonyl (C=O) groups is 3. The summed E-state index contributed by atoms with van der Waals surface area (Å²) >= 11 is 0. The molecule has 2 aliphatic rings. The number of carboxylic acid groups (broad SMARTS) is 1. The van der Waals surface area contributed by atoms with Crippen LogP contribution in [0.2, 0.25) is 0 Å². The average Bonchev–Trinajstić information content (AvgIpc) is 3.20. The van der Waals surface area contributed by atoms with Crippen molar-refractivity contribution in [1.29, 1.82) is 0 Å². The van der Waals surface area contributed by atoms with Crippen LogP contribution >= 0.6 is 0 Å². The first-order chi connectivity index (χ1) is 16.5. The molecule has 0 unspecified atom stereocenters. The van der Waals surface area contributed by atoms with E-state index >= 15 is 0 Å². The van der Waals surface area contributed by atoms with Crippen LogP contribution in [0.15, 0.2) is 30.3 Å². The number of nitrogens with zero attached hydrogens (tertiary/aromatic N) is 2. The zero-order valence-electron chi connectivity index (χ0n) is 20.4. The maximum absolute atomic E-state index is 13.5. The normalized spacial score (nSPS) is 24.4. The van der Waals surface area contributed by atoms with Crippen LogP contribution in [0.4, 0.5) is 0 Å². The average molecular weight is 510 g/mol. The SMILES string of the molecule is CCOC(=O)[C@H](CCc1ccccc1)N[C@H](C)C(=O)N1[C@@H]2CN(S(C)(=O)=O)CC[C@@H]2C[C@H]1C(=O)O. The first kappa shape index (κ1) is 27.1. The molecule has 194 valence electrons. The highest BCUT2D eigenvalue weighted by atomic mass is 32.2. The second kappa shape index (κ2) is 11.5. The third kappa shape index (κ3) is 6.59. The number of aryl methyl sites for hydroxylation is 1. The number of ether oxygens (including phenoxy) is 1. The predicted molar refractivity (Wildman–Crippen MR) is 129 cm³/mol. The van der Waals surface area contributed by atoms with Crippen molar-refractivity contribution < 1.29 is 32.6 Å². The van der Waals surface area contributed by atoms with Crippen LogP contribution in [-0.4, -0.2) is 90.7 Å². The van der Waals surface area contributed by atoms with Gasteiger partial charge in [0.2, 0.25) is 15.9 Å². The molecular weight excluding hydrogens is 474 g/mol. The molecular formula is C24H35N3O7S. The number of carbonyl (C=O) groups excluding carboxylic acids is 2. The smallest absolute Gasteiger partial charge is 0.326 e. The van der Waals surface area contributed by atoms with Crippen molar-refractivity contribution in [3.63, 3.8) is 0 Å². The molecule has 0 saturated carbocycles. The molecule has 0 aromatic heterocycles. The monoisotopic (exact) mass is 509 g/mol. The number of aliphatic carboxylic acids is 1. The van der Waals surface area contributed by atoms with E-state index in [4.69, 9.17) is 4.74 Å². The minimum Gasteiger partial charge on any atom is -0.480 e. The minimum atomic E-state index is -3.47. The number of amides is 1. The van der Waals surface area contributed by atoms with Gasteiger partial charge < -0.3 is 14.7 Å². The summed E-state index contributed by atoms with van der Waals surface area (Å²) < 4.78 is 30.7. The van der Waals surface area contributed by atoms with Gasteiger partial charge in [-0.2, -0.15) is 0 Å². The number of sulfonamides is 1. The topological polar surface area (TPSA) is 133 Å². The van der Waals surface area contributed by atoms with Gasteiger partial charge in [0.15, 0.2) is 0 Å². The van der Waals surface area contributed by atoms with Crippen LogP contribution in [0.25, 0.3) is 0 Å². The lowest BCUT2D eigenvalue weighted by molar-refractivity contribution is -0.152. The van der Waals surface area contributed by atoms with E-state index < -0.39 is 52.0 Å². The summed E-state index contributed by atoms with van der Waals surface area (Å²) in [5.41, 5.74) is 1.04. The number of likely N-dealkylation sites (tertiary alicyclic amines) is 1. The summed E-state index contributed by atoms with van der Waals surface area (Å²) in [6, 6.07) is 6.45. The van der Waals surface area contributed by atoms with Crippen molar-refractivity contribution in [2.24, 2.45) is 5.92 Å². The van der Waals surface area contributed by atoms with Crippen LogP contribution in [0.1, 0.15) is 38.7 Å². The van der Waals surface area contributed by atoms with Crippen molar-refractivity contribution in [3.8, 4) is 0 Å². The second-order valence-electron chi connectivity index (χ2n) is 9.29. The molecule has 2 N–H and O–H groups in total. The Balaban J connectivity index is 1.76. The molecule has 0 aliphatic carbocycles. The number of benzene rings is 1. The number of hydrogen-bond donors (Lipinski definition) is 2. The molecule has 35 heavy (non-hydrogen) atoms. The second-order valence-corrected chi connectivity index (χ2v) is 11.3. The Hall–Kier alpha value is -2.50. The highest BCUT2D eigenvalue weighted by molar-refractivity contribution is 7.88. The molecule has 2 saturated heterocycles. The lowest BCUT2D eigenvalue weighted by Gasteiger charge is -2.39. The van der Waals surface area contributed by atoms with Gasteiger partial charge in [-0.15, -0.1) is 0 Å².